The molecule has 0 unspecified atom stereocenters. The van der Waals surface area contributed by atoms with E-state index in [0.717, 1.165) is 55.7 Å². The number of halogens is 1. The maximum absolute atomic E-state index is 13.1. The lowest BCUT2D eigenvalue weighted by atomic mass is 9.99. The highest BCUT2D eigenvalue weighted by atomic mass is 35.5. The van der Waals surface area contributed by atoms with Crippen LogP contribution in [0.15, 0.2) is 4.79 Å². The number of H-pyrrole nitrogens is 1. The fraction of sp³-hybridized carbons (Fsp3) is 0.632. The van der Waals surface area contributed by atoms with Gasteiger partial charge in [-0.05, 0) is 57.3 Å². The number of hydrogen-bond donors (Lipinski definition) is 2. The standard InChI is InChI=1S/C19H29N5O2.ClH/c1-5-10-24(14-6-8-20-9-7-14)16(25)11-15-12(2)17-18(21-13(15)3)23(4)22-19(17)26;/h14,20H,5-11H2,1-4H3,(H,22,26);1H. The third kappa shape index (κ3) is 4.19. The van der Waals surface area contributed by atoms with Crippen molar-refractivity contribution in [1.29, 1.82) is 0 Å². The zero-order valence-corrected chi connectivity index (χ0v) is 17.4. The molecule has 0 bridgehead atoms. The quantitative estimate of drug-likeness (QED) is 0.809. The summed E-state index contributed by atoms with van der Waals surface area (Å²) >= 11 is 0. The van der Waals surface area contributed by atoms with Crippen LogP contribution in [-0.4, -0.2) is 51.2 Å². The Labute approximate surface area is 165 Å². The maximum Gasteiger partial charge on any atom is 0.273 e. The summed E-state index contributed by atoms with van der Waals surface area (Å²) in [6, 6.07) is 0.307. The molecule has 0 aliphatic carbocycles. The minimum absolute atomic E-state index is 0. The molecule has 8 heteroatoms. The number of aromatic amines is 1. The second kappa shape index (κ2) is 8.89. The molecule has 7 nitrogen and oxygen atoms in total. The number of piperidine rings is 1. The van der Waals surface area contributed by atoms with E-state index in [0.29, 0.717) is 23.5 Å². The molecular weight excluding hydrogens is 366 g/mol. The van der Waals surface area contributed by atoms with Crippen molar-refractivity contribution in [3.63, 3.8) is 0 Å². The van der Waals surface area contributed by atoms with Gasteiger partial charge in [0.1, 0.15) is 0 Å². The van der Waals surface area contributed by atoms with Crippen molar-refractivity contribution >= 4 is 29.3 Å². The van der Waals surface area contributed by atoms with E-state index in [2.05, 4.69) is 22.3 Å². The molecule has 3 rings (SSSR count). The van der Waals surface area contributed by atoms with Crippen molar-refractivity contribution in [2.24, 2.45) is 7.05 Å². The number of rotatable bonds is 5. The lowest BCUT2D eigenvalue weighted by molar-refractivity contribution is -0.133. The molecule has 1 saturated heterocycles. The lowest BCUT2D eigenvalue weighted by Crippen LogP contribution is -2.47. The maximum atomic E-state index is 13.1. The van der Waals surface area contributed by atoms with Crippen molar-refractivity contribution in [1.82, 2.24) is 25.0 Å². The average Bonchev–Trinajstić information content (AvgIpc) is 2.90. The van der Waals surface area contributed by atoms with Crippen molar-refractivity contribution < 1.29 is 4.79 Å². The highest BCUT2D eigenvalue weighted by molar-refractivity contribution is 5.85. The summed E-state index contributed by atoms with van der Waals surface area (Å²) in [5, 5.41) is 6.70. The van der Waals surface area contributed by atoms with E-state index in [-0.39, 0.29) is 23.9 Å². The molecule has 150 valence electrons. The number of aromatic nitrogens is 3. The van der Waals surface area contributed by atoms with Crippen LogP contribution in [0.5, 0.6) is 0 Å². The molecular formula is C19H30ClN5O2. The Morgan fingerprint density at radius 3 is 2.59 bits per heavy atom. The van der Waals surface area contributed by atoms with Gasteiger partial charge in [0.25, 0.3) is 5.56 Å². The fourth-order valence-corrected chi connectivity index (χ4v) is 4.03. The number of fused-ring (bicyclic) bond motifs is 1. The van der Waals surface area contributed by atoms with E-state index < -0.39 is 0 Å². The van der Waals surface area contributed by atoms with Crippen LogP contribution in [0.2, 0.25) is 0 Å². The van der Waals surface area contributed by atoms with Crippen LogP contribution < -0.4 is 10.9 Å². The second-order valence-electron chi connectivity index (χ2n) is 7.24. The topological polar surface area (TPSA) is 83.0 Å². The van der Waals surface area contributed by atoms with E-state index in [4.69, 9.17) is 0 Å². The average molecular weight is 396 g/mol. The summed E-state index contributed by atoms with van der Waals surface area (Å²) in [7, 11) is 1.78. The SMILES string of the molecule is CCCN(C(=O)Cc1c(C)nc2c(c1C)c(=O)[nH]n2C)C1CCNCC1.Cl. The summed E-state index contributed by atoms with van der Waals surface area (Å²) in [6.45, 7) is 8.65. The summed E-state index contributed by atoms with van der Waals surface area (Å²) in [5.41, 5.74) is 3.06. The Balaban J connectivity index is 0.00000261. The highest BCUT2D eigenvalue weighted by Gasteiger charge is 2.26. The largest absolute Gasteiger partial charge is 0.339 e. The number of carbonyl (C=O) groups excluding carboxylic acids is 1. The lowest BCUT2D eigenvalue weighted by Gasteiger charge is -2.35. The van der Waals surface area contributed by atoms with Crippen LogP contribution in [0, 0.1) is 13.8 Å². The van der Waals surface area contributed by atoms with E-state index in [9.17, 15) is 9.59 Å². The number of amides is 1. The number of nitrogens with one attached hydrogen (secondary N) is 2. The molecule has 27 heavy (non-hydrogen) atoms. The van der Waals surface area contributed by atoms with Crippen LogP contribution in [0.4, 0.5) is 0 Å². The van der Waals surface area contributed by atoms with Crippen LogP contribution >= 0.6 is 12.4 Å². The van der Waals surface area contributed by atoms with Gasteiger partial charge >= 0.3 is 0 Å². The zero-order valence-electron chi connectivity index (χ0n) is 16.6. The van der Waals surface area contributed by atoms with Crippen LogP contribution in [0.1, 0.15) is 43.0 Å². The van der Waals surface area contributed by atoms with Gasteiger partial charge in [0, 0.05) is 25.3 Å². The van der Waals surface area contributed by atoms with Gasteiger partial charge in [-0.25, -0.2) is 4.98 Å². The first-order valence-electron chi connectivity index (χ1n) is 9.49. The highest BCUT2D eigenvalue weighted by Crippen LogP contribution is 2.22. The zero-order chi connectivity index (χ0) is 18.8. The van der Waals surface area contributed by atoms with Crippen molar-refractivity contribution in [2.75, 3.05) is 19.6 Å². The van der Waals surface area contributed by atoms with Gasteiger partial charge in [-0.1, -0.05) is 6.92 Å². The predicted molar refractivity (Wildman–Crippen MR) is 110 cm³/mol. The van der Waals surface area contributed by atoms with E-state index in [1.165, 1.54) is 0 Å². The number of pyridine rings is 1. The summed E-state index contributed by atoms with van der Waals surface area (Å²) < 4.78 is 1.64. The first kappa shape index (κ1) is 21.4. The normalized spacial score (nSPS) is 15.0. The Kier molecular flexibility index (Phi) is 7.06. The molecule has 2 aromatic rings. The minimum Gasteiger partial charge on any atom is -0.339 e. The molecule has 1 amide bonds. The van der Waals surface area contributed by atoms with Crippen LogP contribution in [0.3, 0.4) is 0 Å². The van der Waals surface area contributed by atoms with Crippen LogP contribution in [-0.2, 0) is 18.3 Å². The van der Waals surface area contributed by atoms with E-state index in [1.54, 1.807) is 11.7 Å². The Hall–Kier alpha value is -1.86. The number of hydrogen-bond acceptors (Lipinski definition) is 4. The van der Waals surface area contributed by atoms with Crippen molar-refractivity contribution in [3.05, 3.63) is 27.2 Å². The Bertz CT molecular complexity index is 867. The van der Waals surface area contributed by atoms with Crippen LogP contribution in [0.25, 0.3) is 11.0 Å². The van der Waals surface area contributed by atoms with Gasteiger partial charge in [-0.2, -0.15) is 0 Å². The molecule has 3 heterocycles. The molecule has 2 aromatic heterocycles. The molecule has 0 atom stereocenters. The molecule has 0 saturated carbocycles. The first-order chi connectivity index (χ1) is 12.4. The summed E-state index contributed by atoms with van der Waals surface area (Å²) in [5.74, 6) is 0.137. The van der Waals surface area contributed by atoms with Gasteiger partial charge in [0.15, 0.2) is 5.65 Å². The first-order valence-corrected chi connectivity index (χ1v) is 9.49. The molecule has 0 aromatic carbocycles. The van der Waals surface area contributed by atoms with E-state index in [1.807, 2.05) is 18.7 Å². The molecule has 1 aliphatic rings. The van der Waals surface area contributed by atoms with Gasteiger partial charge in [-0.3, -0.25) is 19.4 Å². The number of carbonyl (C=O) groups is 1. The Morgan fingerprint density at radius 1 is 1.30 bits per heavy atom. The third-order valence-electron chi connectivity index (χ3n) is 5.44. The smallest absolute Gasteiger partial charge is 0.273 e. The van der Waals surface area contributed by atoms with Crippen molar-refractivity contribution in [2.45, 2.75) is 52.5 Å². The summed E-state index contributed by atoms with van der Waals surface area (Å²) in [4.78, 5) is 32.0. The number of nitrogens with zero attached hydrogens (tertiary/aromatic N) is 3. The monoisotopic (exact) mass is 395 g/mol. The third-order valence-corrected chi connectivity index (χ3v) is 5.44. The van der Waals surface area contributed by atoms with Gasteiger partial charge in [0.2, 0.25) is 5.91 Å². The summed E-state index contributed by atoms with van der Waals surface area (Å²) in [6.07, 6.45) is 3.25. The van der Waals surface area contributed by atoms with Gasteiger partial charge < -0.3 is 10.2 Å². The molecule has 0 radical (unpaired) electrons. The van der Waals surface area contributed by atoms with Gasteiger partial charge in [-0.15, -0.1) is 12.4 Å². The second-order valence-corrected chi connectivity index (χ2v) is 7.24. The van der Waals surface area contributed by atoms with E-state index >= 15 is 0 Å². The molecule has 0 spiro atoms. The molecule has 1 fully saturated rings. The molecule has 2 N–H and O–H groups in total. The van der Waals surface area contributed by atoms with Gasteiger partial charge in [0.05, 0.1) is 11.8 Å². The fourth-order valence-electron chi connectivity index (χ4n) is 4.03. The number of aryl methyl sites for hydroxylation is 3. The predicted octanol–water partition coefficient (Wildman–Crippen LogP) is 1.83. The Morgan fingerprint density at radius 2 is 1.96 bits per heavy atom. The molecule has 1 aliphatic heterocycles. The minimum atomic E-state index is -0.148. The van der Waals surface area contributed by atoms with Crippen molar-refractivity contribution in [3.8, 4) is 0 Å².